The summed E-state index contributed by atoms with van der Waals surface area (Å²) in [6, 6.07) is 8.03. The standard InChI is InChI=1S/C13H14BrIN2O/c1-3-17-12(13(14)9(2)16-17)8-18-11-6-4-5-10(15)7-11/h4-7H,3,8H2,1-2H3. The Bertz CT molecular complexity index is 554. The number of ether oxygens (including phenoxy) is 1. The van der Waals surface area contributed by atoms with Gasteiger partial charge >= 0.3 is 0 Å². The van der Waals surface area contributed by atoms with E-state index in [9.17, 15) is 0 Å². The first-order valence-electron chi connectivity index (χ1n) is 5.72. The van der Waals surface area contributed by atoms with Crippen LogP contribution in [0.3, 0.4) is 0 Å². The maximum atomic E-state index is 5.81. The van der Waals surface area contributed by atoms with Crippen LogP contribution in [0.4, 0.5) is 0 Å². The molecule has 0 bridgehead atoms. The van der Waals surface area contributed by atoms with Crippen LogP contribution < -0.4 is 4.74 Å². The van der Waals surface area contributed by atoms with Crippen molar-refractivity contribution in [1.82, 2.24) is 9.78 Å². The Morgan fingerprint density at radius 1 is 1.44 bits per heavy atom. The molecule has 3 nitrogen and oxygen atoms in total. The highest BCUT2D eigenvalue weighted by molar-refractivity contribution is 14.1. The van der Waals surface area contributed by atoms with Gasteiger partial charge in [-0.25, -0.2) is 0 Å². The maximum Gasteiger partial charge on any atom is 0.131 e. The molecule has 0 unspecified atom stereocenters. The fraction of sp³-hybridized carbons (Fsp3) is 0.308. The average Bonchev–Trinajstić information content (AvgIpc) is 2.63. The number of hydrogen-bond donors (Lipinski definition) is 0. The summed E-state index contributed by atoms with van der Waals surface area (Å²) in [6.07, 6.45) is 0. The van der Waals surface area contributed by atoms with E-state index >= 15 is 0 Å². The number of hydrogen-bond acceptors (Lipinski definition) is 2. The van der Waals surface area contributed by atoms with Crippen molar-refractivity contribution < 1.29 is 4.74 Å². The summed E-state index contributed by atoms with van der Waals surface area (Å²) in [4.78, 5) is 0. The molecule has 0 amide bonds. The van der Waals surface area contributed by atoms with Gasteiger partial charge in [0, 0.05) is 10.1 Å². The lowest BCUT2D eigenvalue weighted by molar-refractivity contribution is 0.291. The lowest BCUT2D eigenvalue weighted by Gasteiger charge is -2.08. The molecular weight excluding hydrogens is 407 g/mol. The van der Waals surface area contributed by atoms with Gasteiger partial charge in [0.2, 0.25) is 0 Å². The number of benzene rings is 1. The van der Waals surface area contributed by atoms with Gasteiger partial charge in [-0.1, -0.05) is 6.07 Å². The van der Waals surface area contributed by atoms with Crippen molar-refractivity contribution in [3.05, 3.63) is 43.7 Å². The maximum absolute atomic E-state index is 5.81. The van der Waals surface area contributed by atoms with E-state index in [1.54, 1.807) is 0 Å². The van der Waals surface area contributed by atoms with Crippen LogP contribution in [0.25, 0.3) is 0 Å². The lowest BCUT2D eigenvalue weighted by Crippen LogP contribution is -2.06. The molecule has 0 saturated carbocycles. The van der Waals surface area contributed by atoms with Crippen molar-refractivity contribution in [2.75, 3.05) is 0 Å². The third-order valence-corrected chi connectivity index (χ3v) is 4.33. The average molecular weight is 421 g/mol. The number of aromatic nitrogens is 2. The number of aryl methyl sites for hydroxylation is 2. The highest BCUT2D eigenvalue weighted by atomic mass is 127. The first kappa shape index (κ1) is 13.9. The zero-order valence-corrected chi connectivity index (χ0v) is 14.0. The van der Waals surface area contributed by atoms with Crippen LogP contribution in [0.5, 0.6) is 5.75 Å². The molecule has 1 aromatic carbocycles. The summed E-state index contributed by atoms with van der Waals surface area (Å²) in [6.45, 7) is 5.44. The minimum absolute atomic E-state index is 0.523. The molecule has 0 atom stereocenters. The van der Waals surface area contributed by atoms with E-state index in [0.717, 1.165) is 28.2 Å². The van der Waals surface area contributed by atoms with Crippen LogP contribution in [0.15, 0.2) is 28.7 Å². The van der Waals surface area contributed by atoms with Crippen molar-refractivity contribution in [3.8, 4) is 5.75 Å². The number of nitrogens with zero attached hydrogens (tertiary/aromatic N) is 2. The summed E-state index contributed by atoms with van der Waals surface area (Å²) in [5, 5.41) is 4.45. The second-order valence-electron chi connectivity index (χ2n) is 3.91. The van der Waals surface area contributed by atoms with Crippen molar-refractivity contribution in [3.63, 3.8) is 0 Å². The molecule has 0 radical (unpaired) electrons. The Morgan fingerprint density at radius 2 is 2.22 bits per heavy atom. The van der Waals surface area contributed by atoms with E-state index in [-0.39, 0.29) is 0 Å². The van der Waals surface area contributed by atoms with Crippen molar-refractivity contribution in [2.45, 2.75) is 27.0 Å². The predicted molar refractivity (Wildman–Crippen MR) is 83.8 cm³/mol. The first-order chi connectivity index (χ1) is 8.61. The Labute approximate surface area is 129 Å². The molecule has 0 spiro atoms. The van der Waals surface area contributed by atoms with Crippen LogP contribution >= 0.6 is 38.5 Å². The van der Waals surface area contributed by atoms with Gasteiger partial charge in [0.25, 0.3) is 0 Å². The smallest absolute Gasteiger partial charge is 0.131 e. The zero-order chi connectivity index (χ0) is 13.1. The van der Waals surface area contributed by atoms with E-state index in [2.05, 4.69) is 50.5 Å². The summed E-state index contributed by atoms with van der Waals surface area (Å²) < 4.78 is 9.99. The summed E-state index contributed by atoms with van der Waals surface area (Å²) in [5.41, 5.74) is 2.08. The highest BCUT2D eigenvalue weighted by Gasteiger charge is 2.12. The molecule has 18 heavy (non-hydrogen) atoms. The van der Waals surface area contributed by atoms with Gasteiger partial charge in [-0.15, -0.1) is 0 Å². The second kappa shape index (κ2) is 6.06. The molecule has 0 fully saturated rings. The van der Waals surface area contributed by atoms with Gasteiger partial charge in [-0.05, 0) is 70.6 Å². The Morgan fingerprint density at radius 3 is 2.89 bits per heavy atom. The minimum atomic E-state index is 0.523. The van der Waals surface area contributed by atoms with Crippen LogP contribution in [-0.2, 0) is 13.2 Å². The largest absolute Gasteiger partial charge is 0.487 e. The molecule has 0 N–H and O–H groups in total. The number of rotatable bonds is 4. The van der Waals surface area contributed by atoms with Gasteiger partial charge in [0.05, 0.1) is 15.9 Å². The molecular formula is C13H14BrIN2O. The lowest BCUT2D eigenvalue weighted by atomic mass is 10.3. The molecule has 0 saturated heterocycles. The van der Waals surface area contributed by atoms with Gasteiger partial charge in [0.1, 0.15) is 12.4 Å². The van der Waals surface area contributed by atoms with Crippen molar-refractivity contribution in [1.29, 1.82) is 0 Å². The topological polar surface area (TPSA) is 27.1 Å². The van der Waals surface area contributed by atoms with E-state index in [1.165, 1.54) is 3.57 Å². The zero-order valence-electron chi connectivity index (χ0n) is 10.3. The van der Waals surface area contributed by atoms with Gasteiger partial charge < -0.3 is 4.74 Å². The molecule has 96 valence electrons. The van der Waals surface area contributed by atoms with E-state index in [1.807, 2.05) is 35.9 Å². The molecule has 0 aliphatic carbocycles. The molecule has 0 aliphatic heterocycles. The monoisotopic (exact) mass is 420 g/mol. The SMILES string of the molecule is CCn1nc(C)c(Br)c1COc1cccc(I)c1. The minimum Gasteiger partial charge on any atom is -0.487 e. The predicted octanol–water partition coefficient (Wildman–Crippen LogP) is 4.16. The summed E-state index contributed by atoms with van der Waals surface area (Å²) in [7, 11) is 0. The summed E-state index contributed by atoms with van der Waals surface area (Å²) >= 11 is 5.84. The summed E-state index contributed by atoms with van der Waals surface area (Å²) in [5.74, 6) is 0.885. The van der Waals surface area contributed by atoms with Gasteiger partial charge in [0.15, 0.2) is 0 Å². The van der Waals surface area contributed by atoms with Crippen molar-refractivity contribution >= 4 is 38.5 Å². The Hall–Kier alpha value is -0.560. The van der Waals surface area contributed by atoms with Crippen LogP contribution in [0.2, 0.25) is 0 Å². The second-order valence-corrected chi connectivity index (χ2v) is 5.95. The molecule has 0 aliphatic rings. The van der Waals surface area contributed by atoms with Crippen LogP contribution in [0.1, 0.15) is 18.3 Å². The molecule has 2 aromatic rings. The molecule has 1 aromatic heterocycles. The fourth-order valence-corrected chi connectivity index (χ4v) is 2.63. The Balaban J connectivity index is 2.15. The third-order valence-electron chi connectivity index (χ3n) is 2.62. The van der Waals surface area contributed by atoms with E-state index in [0.29, 0.717) is 6.61 Å². The fourth-order valence-electron chi connectivity index (χ4n) is 1.72. The van der Waals surface area contributed by atoms with Crippen LogP contribution in [0, 0.1) is 10.5 Å². The highest BCUT2D eigenvalue weighted by Crippen LogP contribution is 2.23. The quantitative estimate of drug-likeness (QED) is 0.694. The third kappa shape index (κ3) is 3.06. The first-order valence-corrected chi connectivity index (χ1v) is 7.59. The van der Waals surface area contributed by atoms with E-state index < -0.39 is 0 Å². The number of halogens is 2. The molecule has 2 rings (SSSR count). The van der Waals surface area contributed by atoms with Crippen LogP contribution in [-0.4, -0.2) is 9.78 Å². The Kier molecular flexibility index (Phi) is 4.66. The molecule has 1 heterocycles. The van der Waals surface area contributed by atoms with Gasteiger partial charge in [-0.2, -0.15) is 5.10 Å². The van der Waals surface area contributed by atoms with E-state index in [4.69, 9.17) is 4.74 Å². The normalized spacial score (nSPS) is 10.7. The molecule has 5 heteroatoms. The van der Waals surface area contributed by atoms with Crippen molar-refractivity contribution in [2.24, 2.45) is 0 Å². The van der Waals surface area contributed by atoms with Gasteiger partial charge in [-0.3, -0.25) is 4.68 Å².